The number of rotatable bonds is 3. The number of hydrogen-bond donors (Lipinski definition) is 2. The molecule has 0 aliphatic carbocycles. The van der Waals surface area contributed by atoms with Gasteiger partial charge in [0.2, 0.25) is 5.91 Å². The minimum atomic E-state index is -0.976. The monoisotopic (exact) mass is 279 g/mol. The molecule has 19 heavy (non-hydrogen) atoms. The first-order chi connectivity index (χ1) is 9.08. The molecule has 1 aliphatic heterocycles. The van der Waals surface area contributed by atoms with Crippen molar-refractivity contribution >= 4 is 29.7 Å². The number of aromatic hydroxyl groups is 1. The summed E-state index contributed by atoms with van der Waals surface area (Å²) in [6.07, 6.45) is 2.96. The van der Waals surface area contributed by atoms with E-state index in [0.29, 0.717) is 11.6 Å². The number of carboxylic acids is 1. The lowest BCUT2D eigenvalue weighted by molar-refractivity contribution is -0.146. The topological polar surface area (TPSA) is 77.8 Å². The molecule has 1 heterocycles. The minimum Gasteiger partial charge on any atom is -0.508 e. The Morgan fingerprint density at radius 1 is 1.32 bits per heavy atom. The molecule has 0 spiro atoms. The molecule has 0 bridgehead atoms. The van der Waals surface area contributed by atoms with E-state index in [1.165, 1.54) is 34.9 Å². The van der Waals surface area contributed by atoms with Crippen LogP contribution in [0.1, 0.15) is 5.56 Å². The maximum Gasteiger partial charge on any atom is 0.327 e. The van der Waals surface area contributed by atoms with Crippen LogP contribution in [-0.2, 0) is 9.59 Å². The van der Waals surface area contributed by atoms with Crippen LogP contribution in [0.15, 0.2) is 30.3 Å². The van der Waals surface area contributed by atoms with Crippen LogP contribution in [0, 0.1) is 0 Å². The van der Waals surface area contributed by atoms with E-state index in [-0.39, 0.29) is 11.7 Å². The summed E-state index contributed by atoms with van der Waals surface area (Å²) in [4.78, 5) is 24.2. The van der Waals surface area contributed by atoms with Crippen molar-refractivity contribution in [3.63, 3.8) is 0 Å². The quantitative estimate of drug-likeness (QED) is 0.818. The zero-order chi connectivity index (χ0) is 13.8. The molecule has 1 saturated heterocycles. The van der Waals surface area contributed by atoms with E-state index in [1.54, 1.807) is 18.2 Å². The highest BCUT2D eigenvalue weighted by molar-refractivity contribution is 7.99. The largest absolute Gasteiger partial charge is 0.508 e. The molecule has 0 radical (unpaired) electrons. The van der Waals surface area contributed by atoms with Gasteiger partial charge in [-0.25, -0.2) is 4.79 Å². The van der Waals surface area contributed by atoms with Gasteiger partial charge in [-0.1, -0.05) is 12.1 Å². The number of hydrogen-bond acceptors (Lipinski definition) is 4. The van der Waals surface area contributed by atoms with Crippen LogP contribution >= 0.6 is 11.8 Å². The van der Waals surface area contributed by atoms with Crippen LogP contribution in [0.4, 0.5) is 0 Å². The molecule has 5 nitrogen and oxygen atoms in total. The summed E-state index contributed by atoms with van der Waals surface area (Å²) in [5, 5.41) is 18.1. The number of carbonyl (C=O) groups is 2. The Balaban J connectivity index is 2.04. The smallest absolute Gasteiger partial charge is 0.327 e. The van der Waals surface area contributed by atoms with E-state index in [4.69, 9.17) is 10.2 Å². The van der Waals surface area contributed by atoms with Crippen LogP contribution in [0.3, 0.4) is 0 Å². The lowest BCUT2D eigenvalue weighted by atomic mass is 10.2. The van der Waals surface area contributed by atoms with E-state index in [1.807, 2.05) is 0 Å². The number of phenols is 1. The van der Waals surface area contributed by atoms with Gasteiger partial charge in [0.05, 0.1) is 5.88 Å². The van der Waals surface area contributed by atoms with E-state index < -0.39 is 12.0 Å². The predicted molar refractivity (Wildman–Crippen MR) is 72.7 cm³/mol. The van der Waals surface area contributed by atoms with Crippen molar-refractivity contribution in [1.29, 1.82) is 0 Å². The number of carboxylic acid groups (broad SMARTS) is 1. The van der Waals surface area contributed by atoms with Crippen molar-refractivity contribution in [2.24, 2.45) is 0 Å². The van der Waals surface area contributed by atoms with E-state index in [0.717, 1.165) is 5.56 Å². The highest BCUT2D eigenvalue weighted by Gasteiger charge is 2.33. The molecule has 2 N–H and O–H groups in total. The molecule has 1 amide bonds. The Hall–Kier alpha value is -1.95. The van der Waals surface area contributed by atoms with Gasteiger partial charge in [-0.05, 0) is 23.8 Å². The van der Waals surface area contributed by atoms with Crippen LogP contribution in [0.2, 0.25) is 0 Å². The molecule has 1 atom stereocenters. The number of thioether (sulfide) groups is 1. The highest BCUT2D eigenvalue weighted by Crippen LogP contribution is 2.21. The lowest BCUT2D eigenvalue weighted by Crippen LogP contribution is -2.40. The van der Waals surface area contributed by atoms with Gasteiger partial charge in [-0.15, -0.1) is 11.8 Å². The third-order valence-corrected chi connectivity index (χ3v) is 3.77. The SMILES string of the molecule is O=C(O)[C@@H]1CSCN1C(=O)/C=C/c1ccc(O)cc1. The summed E-state index contributed by atoms with van der Waals surface area (Å²) in [5.74, 6) is -0.309. The molecular weight excluding hydrogens is 266 g/mol. The molecule has 0 unspecified atom stereocenters. The fraction of sp³-hybridized carbons (Fsp3) is 0.231. The maximum absolute atomic E-state index is 11.9. The summed E-state index contributed by atoms with van der Waals surface area (Å²) in [6.45, 7) is 0. The average Bonchev–Trinajstić information content (AvgIpc) is 2.87. The van der Waals surface area contributed by atoms with Gasteiger partial charge in [0.25, 0.3) is 0 Å². The Bertz CT molecular complexity index is 512. The number of aliphatic carboxylic acids is 1. The van der Waals surface area contributed by atoms with Crippen LogP contribution in [0.25, 0.3) is 6.08 Å². The molecule has 6 heteroatoms. The van der Waals surface area contributed by atoms with Crippen molar-refractivity contribution in [3.05, 3.63) is 35.9 Å². The number of benzene rings is 1. The van der Waals surface area contributed by atoms with Gasteiger partial charge in [0.15, 0.2) is 0 Å². The standard InChI is InChI=1S/C13H13NO4S/c15-10-4-1-9(2-5-10)3-6-12(16)14-8-19-7-11(14)13(17)18/h1-6,11,15H,7-8H2,(H,17,18)/b6-3+/t11-/m0/s1. The summed E-state index contributed by atoms with van der Waals surface area (Å²) in [6, 6.07) is 5.65. The van der Waals surface area contributed by atoms with E-state index >= 15 is 0 Å². The van der Waals surface area contributed by atoms with E-state index in [9.17, 15) is 9.59 Å². The molecule has 1 aromatic carbocycles. The van der Waals surface area contributed by atoms with Crippen LogP contribution in [-0.4, -0.2) is 44.7 Å². The zero-order valence-corrected chi connectivity index (χ0v) is 10.8. The molecule has 0 aromatic heterocycles. The maximum atomic E-state index is 11.9. The Morgan fingerprint density at radius 2 is 2.00 bits per heavy atom. The molecule has 1 fully saturated rings. The van der Waals surface area contributed by atoms with Gasteiger partial charge in [0.1, 0.15) is 11.8 Å². The van der Waals surface area contributed by atoms with Crippen molar-refractivity contribution < 1.29 is 19.8 Å². The molecular formula is C13H13NO4S. The van der Waals surface area contributed by atoms with Crippen molar-refractivity contribution in [2.45, 2.75) is 6.04 Å². The van der Waals surface area contributed by atoms with Crippen molar-refractivity contribution in [1.82, 2.24) is 4.90 Å². The van der Waals surface area contributed by atoms with E-state index in [2.05, 4.69) is 0 Å². The van der Waals surface area contributed by atoms with Gasteiger partial charge in [-0.2, -0.15) is 0 Å². The average molecular weight is 279 g/mol. The summed E-state index contributed by atoms with van der Waals surface area (Å²) < 4.78 is 0. The second kappa shape index (κ2) is 5.79. The number of carbonyl (C=O) groups excluding carboxylic acids is 1. The third kappa shape index (κ3) is 3.29. The lowest BCUT2D eigenvalue weighted by Gasteiger charge is -2.18. The molecule has 1 aromatic rings. The van der Waals surface area contributed by atoms with Gasteiger partial charge >= 0.3 is 5.97 Å². The molecule has 2 rings (SSSR count). The highest BCUT2D eigenvalue weighted by atomic mass is 32.2. The fourth-order valence-corrected chi connectivity index (χ4v) is 2.87. The first kappa shape index (κ1) is 13.5. The fourth-order valence-electron chi connectivity index (χ4n) is 1.71. The van der Waals surface area contributed by atoms with Gasteiger partial charge < -0.3 is 15.1 Å². The second-order valence-electron chi connectivity index (χ2n) is 4.09. The summed E-state index contributed by atoms with van der Waals surface area (Å²) in [7, 11) is 0. The number of amides is 1. The Labute approximate surface area is 114 Å². The van der Waals surface area contributed by atoms with Crippen molar-refractivity contribution in [3.8, 4) is 5.75 Å². The molecule has 1 aliphatic rings. The number of phenolic OH excluding ortho intramolecular Hbond substituents is 1. The zero-order valence-electron chi connectivity index (χ0n) is 10.0. The third-order valence-electron chi connectivity index (χ3n) is 2.76. The second-order valence-corrected chi connectivity index (χ2v) is 5.09. The molecule has 0 saturated carbocycles. The first-order valence-corrected chi connectivity index (χ1v) is 6.81. The number of nitrogens with zero attached hydrogens (tertiary/aromatic N) is 1. The Kier molecular flexibility index (Phi) is 4.11. The summed E-state index contributed by atoms with van der Waals surface area (Å²) in [5.41, 5.74) is 0.768. The van der Waals surface area contributed by atoms with Gasteiger partial charge in [-0.3, -0.25) is 4.79 Å². The first-order valence-electron chi connectivity index (χ1n) is 5.66. The predicted octanol–water partition coefficient (Wildman–Crippen LogP) is 1.39. The summed E-state index contributed by atoms with van der Waals surface area (Å²) >= 11 is 1.43. The molecule has 100 valence electrons. The Morgan fingerprint density at radius 3 is 2.63 bits per heavy atom. The van der Waals surface area contributed by atoms with Crippen molar-refractivity contribution in [2.75, 3.05) is 11.6 Å². The van der Waals surface area contributed by atoms with Crippen LogP contribution < -0.4 is 0 Å². The minimum absolute atomic E-state index is 0.158. The normalized spacial score (nSPS) is 18.9. The van der Waals surface area contributed by atoms with Gasteiger partial charge in [0, 0.05) is 11.8 Å². The van der Waals surface area contributed by atoms with Crippen LogP contribution in [0.5, 0.6) is 5.75 Å².